The van der Waals surface area contributed by atoms with Crippen LogP contribution in [-0.4, -0.2) is 66.1 Å². The molecular weight excluding hydrogens is 364 g/mol. The van der Waals surface area contributed by atoms with E-state index in [1.165, 1.54) is 48.5 Å². The summed E-state index contributed by atoms with van der Waals surface area (Å²) in [7, 11) is 0. The van der Waals surface area contributed by atoms with Gasteiger partial charge in [0, 0.05) is 54.1 Å². The predicted molar refractivity (Wildman–Crippen MR) is 110 cm³/mol. The number of piperidine rings is 3. The van der Waals surface area contributed by atoms with Crippen LogP contribution in [0.5, 0.6) is 0 Å². The van der Waals surface area contributed by atoms with Gasteiger partial charge in [0.25, 0.3) is 5.91 Å². The third-order valence-electron chi connectivity index (χ3n) is 6.00. The van der Waals surface area contributed by atoms with Crippen molar-refractivity contribution in [1.82, 2.24) is 15.2 Å². The lowest BCUT2D eigenvalue weighted by Gasteiger charge is -2.44. The first-order valence-corrected chi connectivity index (χ1v) is 11.5. The zero-order valence-corrected chi connectivity index (χ0v) is 16.5. The molecule has 138 valence electrons. The number of thioether (sulfide) groups is 1. The Labute approximate surface area is 162 Å². The molecule has 26 heavy (non-hydrogen) atoms. The van der Waals surface area contributed by atoms with Crippen molar-refractivity contribution in [3.8, 4) is 0 Å². The van der Waals surface area contributed by atoms with Gasteiger partial charge in [-0.3, -0.25) is 4.79 Å². The Kier molecular flexibility index (Phi) is 4.54. The van der Waals surface area contributed by atoms with Crippen LogP contribution in [0.4, 0.5) is 5.69 Å². The highest BCUT2D eigenvalue weighted by molar-refractivity contribution is 7.99. The van der Waals surface area contributed by atoms with Crippen LogP contribution in [0.3, 0.4) is 0 Å². The molecule has 4 aliphatic rings. The Hall–Kier alpha value is -1.31. The summed E-state index contributed by atoms with van der Waals surface area (Å²) in [5, 5.41) is 6.66. The smallest absolute Gasteiger partial charge is 0.270 e. The number of hydrogen-bond acceptors (Lipinski definition) is 6. The Balaban J connectivity index is 1.37. The van der Waals surface area contributed by atoms with Gasteiger partial charge in [-0.2, -0.15) is 11.8 Å². The van der Waals surface area contributed by atoms with Gasteiger partial charge >= 0.3 is 0 Å². The van der Waals surface area contributed by atoms with Crippen LogP contribution < -0.4 is 10.2 Å². The maximum absolute atomic E-state index is 12.8. The van der Waals surface area contributed by atoms with Crippen LogP contribution in [0, 0.1) is 5.92 Å². The number of pyridine rings is 1. The molecule has 0 spiro atoms. The SMILES string of the molecule is O=C(NC1CN2CCC1CC2)c1cc2c(N3CCSCC3)csc2cn1. The van der Waals surface area contributed by atoms with Gasteiger partial charge in [-0.05, 0) is 37.9 Å². The Morgan fingerprint density at radius 3 is 2.73 bits per heavy atom. The molecule has 7 heteroatoms. The summed E-state index contributed by atoms with van der Waals surface area (Å²) in [6.07, 6.45) is 4.28. The lowest BCUT2D eigenvalue weighted by Crippen LogP contribution is -2.57. The lowest BCUT2D eigenvalue weighted by molar-refractivity contribution is 0.0618. The number of rotatable bonds is 3. The summed E-state index contributed by atoms with van der Waals surface area (Å²) in [4.78, 5) is 22.2. The van der Waals surface area contributed by atoms with Gasteiger partial charge < -0.3 is 15.1 Å². The average Bonchev–Trinajstić information content (AvgIpc) is 3.13. The van der Waals surface area contributed by atoms with Gasteiger partial charge in [0.05, 0.1) is 10.4 Å². The standard InChI is InChI=1S/C19H24N4OS2/c24-19(21-16-11-22-3-1-13(16)2-4-22)15-9-14-17(12-26-18(14)10-20-15)23-5-7-25-8-6-23/h9-10,12-13,16H,1-8,11H2,(H,21,24). The van der Waals surface area contributed by atoms with Gasteiger partial charge in [0.2, 0.25) is 0 Å². The number of aromatic nitrogens is 1. The highest BCUT2D eigenvalue weighted by atomic mass is 32.2. The highest BCUT2D eigenvalue weighted by Crippen LogP contribution is 2.34. The largest absolute Gasteiger partial charge is 0.369 e. The fraction of sp³-hybridized carbons (Fsp3) is 0.579. The van der Waals surface area contributed by atoms with E-state index in [9.17, 15) is 4.79 Å². The van der Waals surface area contributed by atoms with E-state index in [0.717, 1.165) is 24.3 Å². The van der Waals surface area contributed by atoms with Gasteiger partial charge in [0.1, 0.15) is 5.69 Å². The van der Waals surface area contributed by atoms with Crippen molar-refractivity contribution in [1.29, 1.82) is 0 Å². The van der Waals surface area contributed by atoms with Crippen molar-refractivity contribution < 1.29 is 4.79 Å². The number of nitrogens with one attached hydrogen (secondary N) is 1. The molecule has 2 bridgehead atoms. The first-order valence-electron chi connectivity index (χ1n) is 9.51. The first-order chi connectivity index (χ1) is 12.8. The number of thiophene rings is 1. The molecule has 2 aromatic rings. The molecule has 1 N–H and O–H groups in total. The molecule has 2 aromatic heterocycles. The second kappa shape index (κ2) is 7.02. The van der Waals surface area contributed by atoms with E-state index in [2.05, 4.69) is 25.5 Å². The third-order valence-corrected chi connectivity index (χ3v) is 7.86. The molecular formula is C19H24N4OS2. The maximum Gasteiger partial charge on any atom is 0.270 e. The zero-order chi connectivity index (χ0) is 17.5. The summed E-state index contributed by atoms with van der Waals surface area (Å²) >= 11 is 3.74. The summed E-state index contributed by atoms with van der Waals surface area (Å²) in [5.41, 5.74) is 1.82. The molecule has 0 radical (unpaired) electrons. The van der Waals surface area contributed by atoms with Crippen LogP contribution in [0.2, 0.25) is 0 Å². The Bertz CT molecular complexity index is 809. The third kappa shape index (κ3) is 3.10. The molecule has 0 aliphatic carbocycles. The number of nitrogens with zero attached hydrogens (tertiary/aromatic N) is 3. The number of amides is 1. The molecule has 4 aliphatic heterocycles. The van der Waals surface area contributed by atoms with E-state index < -0.39 is 0 Å². The second-order valence-electron chi connectivity index (χ2n) is 7.50. The monoisotopic (exact) mass is 388 g/mol. The summed E-state index contributed by atoms with van der Waals surface area (Å²) in [6.45, 7) is 5.54. The van der Waals surface area contributed by atoms with Crippen LogP contribution in [0.1, 0.15) is 23.3 Å². The molecule has 0 aromatic carbocycles. The number of fused-ring (bicyclic) bond motifs is 4. The van der Waals surface area contributed by atoms with Crippen molar-refractivity contribution in [2.45, 2.75) is 18.9 Å². The summed E-state index contributed by atoms with van der Waals surface area (Å²) in [6, 6.07) is 2.28. The van der Waals surface area contributed by atoms with E-state index in [0.29, 0.717) is 11.6 Å². The van der Waals surface area contributed by atoms with Crippen molar-refractivity contribution >= 4 is 44.8 Å². The molecule has 5 nitrogen and oxygen atoms in total. The van der Waals surface area contributed by atoms with Crippen LogP contribution in [-0.2, 0) is 0 Å². The fourth-order valence-corrected chi connectivity index (χ4v) is 6.29. The normalized spacial score (nSPS) is 28.5. The Morgan fingerprint density at radius 1 is 1.19 bits per heavy atom. The van der Waals surface area contributed by atoms with Crippen molar-refractivity contribution in [2.24, 2.45) is 5.92 Å². The van der Waals surface area contributed by atoms with Crippen LogP contribution in [0.25, 0.3) is 10.1 Å². The molecule has 4 fully saturated rings. The van der Waals surface area contributed by atoms with E-state index >= 15 is 0 Å². The zero-order valence-electron chi connectivity index (χ0n) is 14.8. The number of anilines is 1. The minimum atomic E-state index is -0.0167. The average molecular weight is 389 g/mol. The van der Waals surface area contributed by atoms with Gasteiger partial charge in [-0.1, -0.05) is 0 Å². The number of hydrogen-bond donors (Lipinski definition) is 1. The number of carbonyl (C=O) groups is 1. The van der Waals surface area contributed by atoms with E-state index in [-0.39, 0.29) is 11.9 Å². The fourth-order valence-electron chi connectivity index (χ4n) is 4.46. The quantitative estimate of drug-likeness (QED) is 0.876. The van der Waals surface area contributed by atoms with Gasteiger partial charge in [-0.15, -0.1) is 11.3 Å². The molecule has 1 atom stereocenters. The first kappa shape index (κ1) is 16.8. The summed E-state index contributed by atoms with van der Waals surface area (Å²) < 4.78 is 1.16. The number of carbonyl (C=O) groups excluding carboxylic acids is 1. The van der Waals surface area contributed by atoms with Crippen LogP contribution >= 0.6 is 23.1 Å². The van der Waals surface area contributed by atoms with Crippen LogP contribution in [0.15, 0.2) is 17.6 Å². The van der Waals surface area contributed by atoms with Crippen molar-refractivity contribution in [2.75, 3.05) is 49.1 Å². The minimum Gasteiger partial charge on any atom is -0.369 e. The summed E-state index contributed by atoms with van der Waals surface area (Å²) in [5.74, 6) is 2.97. The Morgan fingerprint density at radius 2 is 2.00 bits per heavy atom. The van der Waals surface area contributed by atoms with E-state index in [1.807, 2.05) is 24.0 Å². The topological polar surface area (TPSA) is 48.5 Å². The van der Waals surface area contributed by atoms with Gasteiger partial charge in [-0.25, -0.2) is 4.98 Å². The molecule has 6 heterocycles. The lowest BCUT2D eigenvalue weighted by atomic mass is 9.84. The van der Waals surface area contributed by atoms with Crippen molar-refractivity contribution in [3.05, 3.63) is 23.3 Å². The molecule has 0 saturated carbocycles. The minimum absolute atomic E-state index is 0.0167. The molecule has 6 rings (SSSR count). The molecule has 1 unspecified atom stereocenters. The highest BCUT2D eigenvalue weighted by Gasteiger charge is 2.35. The van der Waals surface area contributed by atoms with E-state index in [4.69, 9.17) is 0 Å². The van der Waals surface area contributed by atoms with E-state index in [1.54, 1.807) is 11.3 Å². The molecule has 1 amide bonds. The maximum atomic E-state index is 12.8. The van der Waals surface area contributed by atoms with Crippen molar-refractivity contribution in [3.63, 3.8) is 0 Å². The van der Waals surface area contributed by atoms with Gasteiger partial charge in [0.15, 0.2) is 0 Å². The predicted octanol–water partition coefficient (Wildman–Crippen LogP) is 2.67. The second-order valence-corrected chi connectivity index (χ2v) is 9.64. The molecule has 4 saturated heterocycles.